The Hall–Kier alpha value is -4.97. The van der Waals surface area contributed by atoms with Gasteiger partial charge >= 0.3 is 0 Å². The summed E-state index contributed by atoms with van der Waals surface area (Å²) >= 11 is 12.7. The molecule has 0 amide bonds. The number of fused-ring (bicyclic) bond motifs is 1. The number of rotatable bonds is 6. The summed E-state index contributed by atoms with van der Waals surface area (Å²) in [5, 5.41) is 30.8. The number of benzene rings is 3. The van der Waals surface area contributed by atoms with E-state index in [4.69, 9.17) is 34.7 Å². The van der Waals surface area contributed by atoms with E-state index in [2.05, 4.69) is 26.7 Å². The van der Waals surface area contributed by atoms with Gasteiger partial charge in [0.2, 0.25) is 0 Å². The number of aromatic nitrogens is 4. The molecule has 1 aliphatic carbocycles. The fraction of sp³-hybridized carbons (Fsp3) is 0.138. The molecule has 0 bridgehead atoms. The second kappa shape index (κ2) is 10.5. The monoisotopic (exact) mass is 601 g/mol. The number of anilines is 4. The van der Waals surface area contributed by atoms with Gasteiger partial charge in [-0.3, -0.25) is 0 Å². The van der Waals surface area contributed by atoms with Crippen LogP contribution in [0, 0.1) is 34.3 Å². The van der Waals surface area contributed by atoms with E-state index in [9.17, 15) is 19.3 Å². The Morgan fingerprint density at radius 3 is 2.52 bits per heavy atom. The zero-order valence-corrected chi connectivity index (χ0v) is 23.0. The minimum absolute atomic E-state index is 0.0945. The molecule has 0 radical (unpaired) electrons. The van der Waals surface area contributed by atoms with Crippen molar-refractivity contribution in [2.45, 2.75) is 24.8 Å². The molecule has 13 heteroatoms. The van der Waals surface area contributed by atoms with Crippen LogP contribution in [-0.2, 0) is 0 Å². The molecule has 208 valence electrons. The lowest BCUT2D eigenvalue weighted by molar-refractivity contribution is 0.591. The largest absolute Gasteiger partial charge is 0.398 e. The van der Waals surface area contributed by atoms with Crippen LogP contribution in [0.5, 0.6) is 0 Å². The van der Waals surface area contributed by atoms with E-state index in [1.807, 2.05) is 18.3 Å². The van der Waals surface area contributed by atoms with Crippen molar-refractivity contribution in [3.05, 3.63) is 98.3 Å². The lowest BCUT2D eigenvalue weighted by Crippen LogP contribution is -2.11. The normalized spacial score (nSPS) is 13.5. The summed E-state index contributed by atoms with van der Waals surface area (Å²) in [6.07, 6.45) is 3.78. The molecule has 1 saturated carbocycles. The molecular formula is C29H19Cl2F2N9. The zero-order chi connectivity index (χ0) is 29.7. The predicted molar refractivity (Wildman–Crippen MR) is 155 cm³/mol. The highest BCUT2D eigenvalue weighted by atomic mass is 35.5. The summed E-state index contributed by atoms with van der Waals surface area (Å²) in [6.45, 7) is 0. The van der Waals surface area contributed by atoms with Crippen LogP contribution in [0.3, 0.4) is 0 Å². The molecule has 0 saturated heterocycles. The van der Waals surface area contributed by atoms with Crippen LogP contribution >= 0.6 is 23.2 Å². The van der Waals surface area contributed by atoms with E-state index in [1.54, 1.807) is 28.9 Å². The van der Waals surface area contributed by atoms with Gasteiger partial charge in [0.1, 0.15) is 29.0 Å². The van der Waals surface area contributed by atoms with Gasteiger partial charge in [-0.05, 0) is 54.3 Å². The second-order valence-electron chi connectivity index (χ2n) is 9.81. The van der Waals surface area contributed by atoms with E-state index in [-0.39, 0.29) is 49.7 Å². The number of nitrogens with zero attached hydrogens (tertiary/aromatic N) is 6. The summed E-state index contributed by atoms with van der Waals surface area (Å²) in [5.74, 6) is -2.93. The van der Waals surface area contributed by atoms with E-state index >= 15 is 0 Å². The topological polar surface area (TPSA) is 155 Å². The van der Waals surface area contributed by atoms with Crippen LogP contribution in [0.1, 0.15) is 52.7 Å². The average molecular weight is 602 g/mol. The number of halogens is 4. The molecule has 6 rings (SSSR count). The van der Waals surface area contributed by atoms with Crippen molar-refractivity contribution < 1.29 is 8.78 Å². The van der Waals surface area contributed by atoms with Crippen LogP contribution in [0.15, 0.2) is 48.7 Å². The first-order valence-corrected chi connectivity index (χ1v) is 13.4. The number of hydrogen-bond acceptors (Lipinski definition) is 8. The quantitative estimate of drug-likeness (QED) is 0.145. The summed E-state index contributed by atoms with van der Waals surface area (Å²) in [6, 6.07) is 14.9. The van der Waals surface area contributed by atoms with E-state index in [0.29, 0.717) is 22.4 Å². The predicted octanol–water partition coefficient (Wildman–Crippen LogP) is 6.58. The van der Waals surface area contributed by atoms with Gasteiger partial charge in [0.25, 0.3) is 0 Å². The molecule has 2 aromatic heterocycles. The highest BCUT2D eigenvalue weighted by Gasteiger charge is 2.31. The van der Waals surface area contributed by atoms with Crippen molar-refractivity contribution in [1.82, 2.24) is 20.0 Å². The van der Waals surface area contributed by atoms with Gasteiger partial charge in [-0.25, -0.2) is 18.4 Å². The Morgan fingerprint density at radius 1 is 1.02 bits per heavy atom. The van der Waals surface area contributed by atoms with E-state index < -0.39 is 23.2 Å². The highest BCUT2D eigenvalue weighted by molar-refractivity contribution is 6.36. The van der Waals surface area contributed by atoms with Crippen molar-refractivity contribution in [2.75, 3.05) is 16.8 Å². The first-order chi connectivity index (χ1) is 20.2. The SMILES string of the molecule is N#Cc1cccc([C@H](c2cn(C3CC3)nn2)c2cc(Cl)c3nc(N)c(C#N)c(Nc4c(F)ccc(Cl)c4F)c3c2N)c1. The van der Waals surface area contributed by atoms with Gasteiger partial charge in [-0.15, -0.1) is 5.10 Å². The van der Waals surface area contributed by atoms with Crippen LogP contribution in [0.25, 0.3) is 10.9 Å². The van der Waals surface area contributed by atoms with Crippen molar-refractivity contribution in [3.8, 4) is 12.1 Å². The Labute approximate surface area is 247 Å². The molecule has 2 heterocycles. The summed E-state index contributed by atoms with van der Waals surface area (Å²) in [7, 11) is 0. The van der Waals surface area contributed by atoms with Crippen molar-refractivity contribution in [1.29, 1.82) is 10.5 Å². The maximum absolute atomic E-state index is 15.0. The molecule has 9 nitrogen and oxygen atoms in total. The fourth-order valence-corrected chi connectivity index (χ4v) is 5.36. The van der Waals surface area contributed by atoms with E-state index in [0.717, 1.165) is 25.0 Å². The molecule has 1 fully saturated rings. The van der Waals surface area contributed by atoms with Crippen LogP contribution in [0.4, 0.5) is 31.7 Å². The molecule has 3 aromatic carbocycles. The zero-order valence-electron chi connectivity index (χ0n) is 21.5. The van der Waals surface area contributed by atoms with Crippen LogP contribution in [-0.4, -0.2) is 20.0 Å². The third-order valence-corrected chi connectivity index (χ3v) is 7.70. The van der Waals surface area contributed by atoms with Crippen LogP contribution in [0.2, 0.25) is 10.0 Å². The third-order valence-electron chi connectivity index (χ3n) is 7.12. The first-order valence-electron chi connectivity index (χ1n) is 12.6. The number of nitrogen functional groups attached to an aromatic ring is 2. The van der Waals surface area contributed by atoms with Gasteiger partial charge < -0.3 is 16.8 Å². The van der Waals surface area contributed by atoms with Gasteiger partial charge in [0, 0.05) is 11.9 Å². The van der Waals surface area contributed by atoms with Crippen LogP contribution < -0.4 is 16.8 Å². The highest BCUT2D eigenvalue weighted by Crippen LogP contribution is 2.46. The van der Waals surface area contributed by atoms with E-state index in [1.165, 1.54) is 0 Å². The van der Waals surface area contributed by atoms with Crippen molar-refractivity contribution >= 4 is 57.0 Å². The minimum Gasteiger partial charge on any atom is -0.398 e. The first kappa shape index (κ1) is 27.2. The molecule has 1 atom stereocenters. The summed E-state index contributed by atoms with van der Waals surface area (Å²) in [5.41, 5.74) is 14.2. The number of hydrogen-bond donors (Lipinski definition) is 3. The van der Waals surface area contributed by atoms with Crippen molar-refractivity contribution in [2.24, 2.45) is 0 Å². The number of nitrogens with one attached hydrogen (secondary N) is 1. The van der Waals surface area contributed by atoms with Gasteiger partial charge in [-0.1, -0.05) is 40.5 Å². The third kappa shape index (κ3) is 4.59. The van der Waals surface area contributed by atoms with Gasteiger partial charge in [0.05, 0.1) is 55.9 Å². The molecule has 1 aliphatic rings. The Balaban J connectivity index is 1.65. The summed E-state index contributed by atoms with van der Waals surface area (Å²) < 4.78 is 31.6. The lowest BCUT2D eigenvalue weighted by Gasteiger charge is -2.22. The Morgan fingerprint density at radius 2 is 1.81 bits per heavy atom. The fourth-order valence-electron chi connectivity index (χ4n) is 4.95. The number of nitriles is 2. The molecule has 0 unspecified atom stereocenters. The molecule has 5 aromatic rings. The minimum atomic E-state index is -1.08. The molecule has 42 heavy (non-hydrogen) atoms. The smallest absolute Gasteiger partial charge is 0.168 e. The van der Waals surface area contributed by atoms with Gasteiger partial charge in [-0.2, -0.15) is 10.5 Å². The second-order valence-corrected chi connectivity index (χ2v) is 10.6. The molecule has 0 spiro atoms. The standard InChI is InChI=1S/C29H19Cl2F2N9/c30-18-6-7-20(32)28(24(18)33)38-26-17(11-35)29(37)39-27-19(31)9-16(25(36)23(26)27)22(14-3-1-2-13(8-14)10-34)21-12-42(41-40-21)15-4-5-15/h1-3,6-9,12,15,22H,4-5,36H2,(H3,37,38,39)/t22-/m0/s1. The summed E-state index contributed by atoms with van der Waals surface area (Å²) in [4.78, 5) is 4.30. The maximum atomic E-state index is 15.0. The Kier molecular flexibility index (Phi) is 6.77. The van der Waals surface area contributed by atoms with Crippen molar-refractivity contribution in [3.63, 3.8) is 0 Å². The molecule has 5 N–H and O–H groups in total. The molecular weight excluding hydrogens is 583 g/mol. The van der Waals surface area contributed by atoms with Gasteiger partial charge in [0.15, 0.2) is 5.82 Å². The number of pyridine rings is 1. The number of nitrogens with two attached hydrogens (primary N) is 2. The maximum Gasteiger partial charge on any atom is 0.168 e. The molecule has 0 aliphatic heterocycles. The average Bonchev–Trinajstić information content (AvgIpc) is 3.73. The lowest BCUT2D eigenvalue weighted by atomic mass is 9.85. The Bertz CT molecular complexity index is 1990.